The standard InChI is InChI=1S/C53H31N3O2/c1-2-13-33(14-3-1)51-54-52(56-53(55-51)43-20-11-23-48-50(43)42-18-8-9-21-45(42)57-48)41-28-27-39(37-16-6-7-17-38(37)41)40-19-10-22-47-49(40)44-31-36(26-29-46(44)58-47)35-25-24-32-12-4-5-15-34(32)30-35/h1-31H. The van der Waals surface area contributed by atoms with Gasteiger partial charge in [0.15, 0.2) is 17.5 Å². The minimum Gasteiger partial charge on any atom is -0.456 e. The quantitative estimate of drug-likeness (QED) is 0.176. The van der Waals surface area contributed by atoms with Crippen molar-refractivity contribution in [1.29, 1.82) is 0 Å². The van der Waals surface area contributed by atoms with Crippen molar-refractivity contribution in [2.24, 2.45) is 0 Å². The summed E-state index contributed by atoms with van der Waals surface area (Å²) in [6.07, 6.45) is 0. The summed E-state index contributed by atoms with van der Waals surface area (Å²) in [5.41, 5.74) is 10.6. The van der Waals surface area contributed by atoms with Crippen LogP contribution in [-0.2, 0) is 0 Å². The van der Waals surface area contributed by atoms with Gasteiger partial charge in [-0.15, -0.1) is 0 Å². The van der Waals surface area contributed by atoms with E-state index in [1.807, 2.05) is 60.7 Å². The fraction of sp³-hybridized carbons (Fsp3) is 0. The van der Waals surface area contributed by atoms with Crippen LogP contribution in [0.3, 0.4) is 0 Å². The molecule has 0 saturated carbocycles. The lowest BCUT2D eigenvalue weighted by Crippen LogP contribution is -2.01. The van der Waals surface area contributed by atoms with Gasteiger partial charge in [0.2, 0.25) is 0 Å². The molecule has 5 heteroatoms. The van der Waals surface area contributed by atoms with Gasteiger partial charge < -0.3 is 8.83 Å². The van der Waals surface area contributed by atoms with Crippen molar-refractivity contribution in [3.63, 3.8) is 0 Å². The maximum atomic E-state index is 6.51. The molecule has 5 nitrogen and oxygen atoms in total. The normalized spacial score (nSPS) is 11.8. The average Bonchev–Trinajstić information content (AvgIpc) is 3.87. The Morgan fingerprint density at radius 2 is 0.828 bits per heavy atom. The van der Waals surface area contributed by atoms with E-state index >= 15 is 0 Å². The first-order valence-corrected chi connectivity index (χ1v) is 19.4. The molecular formula is C53H31N3O2. The third-order valence-corrected chi connectivity index (χ3v) is 11.3. The highest BCUT2D eigenvalue weighted by atomic mass is 16.3. The van der Waals surface area contributed by atoms with Gasteiger partial charge in [0, 0.05) is 38.2 Å². The molecule has 0 fully saturated rings. The van der Waals surface area contributed by atoms with Gasteiger partial charge in [-0.3, -0.25) is 0 Å². The number of benzene rings is 9. The zero-order valence-corrected chi connectivity index (χ0v) is 31.1. The summed E-state index contributed by atoms with van der Waals surface area (Å²) < 4.78 is 12.8. The summed E-state index contributed by atoms with van der Waals surface area (Å²) in [4.78, 5) is 15.5. The molecule has 0 N–H and O–H groups in total. The van der Waals surface area contributed by atoms with Crippen LogP contribution < -0.4 is 0 Å². The van der Waals surface area contributed by atoms with Crippen LogP contribution in [0.1, 0.15) is 0 Å². The van der Waals surface area contributed by atoms with Crippen molar-refractivity contribution in [1.82, 2.24) is 15.0 Å². The molecule has 270 valence electrons. The summed E-state index contributed by atoms with van der Waals surface area (Å²) in [6, 6.07) is 65.2. The molecule has 0 amide bonds. The molecule has 0 aliphatic carbocycles. The lowest BCUT2D eigenvalue weighted by atomic mass is 9.91. The highest BCUT2D eigenvalue weighted by Crippen LogP contribution is 2.43. The Kier molecular flexibility index (Phi) is 7.16. The summed E-state index contributed by atoms with van der Waals surface area (Å²) in [5.74, 6) is 1.80. The molecule has 0 spiro atoms. The van der Waals surface area contributed by atoms with E-state index in [1.54, 1.807) is 0 Å². The van der Waals surface area contributed by atoms with Crippen molar-refractivity contribution in [2.75, 3.05) is 0 Å². The number of aromatic nitrogens is 3. The fourth-order valence-electron chi connectivity index (χ4n) is 8.62. The zero-order chi connectivity index (χ0) is 38.2. The van der Waals surface area contributed by atoms with E-state index in [0.29, 0.717) is 17.5 Å². The van der Waals surface area contributed by atoms with E-state index in [0.717, 1.165) is 88.0 Å². The van der Waals surface area contributed by atoms with Crippen LogP contribution in [0.15, 0.2) is 197 Å². The first-order chi connectivity index (χ1) is 28.7. The van der Waals surface area contributed by atoms with E-state index in [-0.39, 0.29) is 0 Å². The zero-order valence-electron chi connectivity index (χ0n) is 31.1. The minimum atomic E-state index is 0.589. The van der Waals surface area contributed by atoms with E-state index in [9.17, 15) is 0 Å². The van der Waals surface area contributed by atoms with Crippen LogP contribution in [0.4, 0.5) is 0 Å². The van der Waals surface area contributed by atoms with Crippen LogP contribution in [-0.4, -0.2) is 15.0 Å². The van der Waals surface area contributed by atoms with Crippen LogP contribution in [0.5, 0.6) is 0 Å². The second-order valence-electron chi connectivity index (χ2n) is 14.7. The van der Waals surface area contributed by atoms with Crippen LogP contribution in [0, 0.1) is 0 Å². The maximum Gasteiger partial charge on any atom is 0.164 e. The molecule has 0 bridgehead atoms. The number of nitrogens with zero attached hydrogens (tertiary/aromatic N) is 3. The lowest BCUT2D eigenvalue weighted by molar-refractivity contribution is 0.668. The van der Waals surface area contributed by atoms with Crippen molar-refractivity contribution in [3.8, 4) is 56.4 Å². The van der Waals surface area contributed by atoms with Crippen molar-refractivity contribution in [3.05, 3.63) is 188 Å². The number of rotatable bonds is 5. The van der Waals surface area contributed by atoms with Crippen molar-refractivity contribution >= 4 is 65.4 Å². The molecule has 0 radical (unpaired) electrons. The topological polar surface area (TPSA) is 65.0 Å². The Bertz CT molecular complexity index is 3580. The van der Waals surface area contributed by atoms with E-state index in [1.165, 1.54) is 16.3 Å². The minimum absolute atomic E-state index is 0.589. The molecule has 3 aromatic heterocycles. The predicted molar refractivity (Wildman–Crippen MR) is 237 cm³/mol. The summed E-state index contributed by atoms with van der Waals surface area (Å²) in [7, 11) is 0. The van der Waals surface area contributed by atoms with Gasteiger partial charge in [-0.05, 0) is 86.3 Å². The average molecular weight is 742 g/mol. The molecule has 0 atom stereocenters. The maximum absolute atomic E-state index is 6.51. The van der Waals surface area contributed by atoms with Gasteiger partial charge in [-0.1, -0.05) is 146 Å². The summed E-state index contributed by atoms with van der Waals surface area (Å²) in [5, 5.41) is 8.77. The molecule has 12 rings (SSSR count). The van der Waals surface area contributed by atoms with E-state index in [2.05, 4.69) is 127 Å². The molecule has 0 saturated heterocycles. The number of hydrogen-bond acceptors (Lipinski definition) is 5. The Balaban J connectivity index is 1.05. The monoisotopic (exact) mass is 741 g/mol. The third-order valence-electron chi connectivity index (χ3n) is 11.3. The smallest absolute Gasteiger partial charge is 0.164 e. The number of hydrogen-bond donors (Lipinski definition) is 0. The first kappa shape index (κ1) is 32.4. The highest BCUT2D eigenvalue weighted by Gasteiger charge is 2.21. The second kappa shape index (κ2) is 12.8. The van der Waals surface area contributed by atoms with E-state index < -0.39 is 0 Å². The Morgan fingerprint density at radius 3 is 1.64 bits per heavy atom. The van der Waals surface area contributed by atoms with Crippen molar-refractivity contribution in [2.45, 2.75) is 0 Å². The van der Waals surface area contributed by atoms with Crippen molar-refractivity contribution < 1.29 is 8.83 Å². The number of furan rings is 2. The lowest BCUT2D eigenvalue weighted by Gasteiger charge is -2.14. The fourth-order valence-corrected chi connectivity index (χ4v) is 8.62. The Hall–Kier alpha value is -7.89. The molecule has 0 aliphatic heterocycles. The molecule has 9 aromatic carbocycles. The van der Waals surface area contributed by atoms with Crippen LogP contribution in [0.25, 0.3) is 122 Å². The van der Waals surface area contributed by atoms with Crippen LogP contribution >= 0.6 is 0 Å². The van der Waals surface area contributed by atoms with Crippen LogP contribution in [0.2, 0.25) is 0 Å². The van der Waals surface area contributed by atoms with Gasteiger partial charge in [-0.25, -0.2) is 15.0 Å². The van der Waals surface area contributed by atoms with Gasteiger partial charge in [0.05, 0.1) is 0 Å². The SMILES string of the molecule is c1ccc(-c2nc(-c3ccc(-c4cccc5oc6ccc(-c7ccc8ccccc8c7)cc6c45)c4ccccc34)nc(-c3cccc4oc5ccccc5c34)n2)cc1. The molecule has 58 heavy (non-hydrogen) atoms. The molecule has 0 unspecified atom stereocenters. The summed E-state index contributed by atoms with van der Waals surface area (Å²) >= 11 is 0. The van der Waals surface area contributed by atoms with Gasteiger partial charge in [-0.2, -0.15) is 0 Å². The van der Waals surface area contributed by atoms with E-state index in [4.69, 9.17) is 23.8 Å². The second-order valence-corrected chi connectivity index (χ2v) is 14.7. The summed E-state index contributed by atoms with van der Waals surface area (Å²) in [6.45, 7) is 0. The molecular weight excluding hydrogens is 711 g/mol. The first-order valence-electron chi connectivity index (χ1n) is 19.4. The number of fused-ring (bicyclic) bond motifs is 8. The number of para-hydroxylation sites is 1. The van der Waals surface area contributed by atoms with Gasteiger partial charge in [0.1, 0.15) is 22.3 Å². The Labute approximate surface area is 332 Å². The molecule has 3 heterocycles. The Morgan fingerprint density at radius 1 is 0.276 bits per heavy atom. The molecule has 0 aliphatic rings. The largest absolute Gasteiger partial charge is 0.456 e. The van der Waals surface area contributed by atoms with Gasteiger partial charge in [0.25, 0.3) is 0 Å². The predicted octanol–water partition coefficient (Wildman–Crippen LogP) is 14.3. The van der Waals surface area contributed by atoms with Gasteiger partial charge >= 0.3 is 0 Å². The highest BCUT2D eigenvalue weighted by molar-refractivity contribution is 6.17. The third kappa shape index (κ3) is 5.14. The molecule has 12 aromatic rings.